The van der Waals surface area contributed by atoms with E-state index in [9.17, 15) is 14.0 Å². The van der Waals surface area contributed by atoms with Crippen LogP contribution in [0.15, 0.2) is 72.8 Å². The second-order valence-electron chi connectivity index (χ2n) is 10.5. The third-order valence-electron chi connectivity index (χ3n) is 7.70. The highest BCUT2D eigenvalue weighted by molar-refractivity contribution is 6.04. The number of piperazine rings is 1. The Labute approximate surface area is 238 Å². The number of hydrogen-bond acceptors (Lipinski definition) is 6. The van der Waals surface area contributed by atoms with Crippen molar-refractivity contribution in [3.63, 3.8) is 0 Å². The van der Waals surface area contributed by atoms with Gasteiger partial charge >= 0.3 is 0 Å². The predicted molar refractivity (Wildman–Crippen MR) is 154 cm³/mol. The fourth-order valence-corrected chi connectivity index (χ4v) is 5.49. The summed E-state index contributed by atoms with van der Waals surface area (Å²) in [5, 5.41) is 14.1. The lowest BCUT2D eigenvalue weighted by molar-refractivity contribution is -0.118. The van der Waals surface area contributed by atoms with E-state index >= 15 is 0 Å². The van der Waals surface area contributed by atoms with Crippen molar-refractivity contribution in [1.82, 2.24) is 30.5 Å². The number of H-pyrrole nitrogens is 1. The molecule has 0 saturated carbocycles. The fraction of sp³-hybridized carbons (Fsp3) is 0.290. The minimum absolute atomic E-state index is 0.0516. The molecule has 0 atom stereocenters. The summed E-state index contributed by atoms with van der Waals surface area (Å²) in [6.45, 7) is 6.31. The Morgan fingerprint density at radius 2 is 1.66 bits per heavy atom. The highest BCUT2D eigenvalue weighted by Gasteiger charge is 2.29. The molecular weight excluding hydrogens is 521 g/mol. The molecule has 0 radical (unpaired) electrons. The maximum Gasteiger partial charge on any atom is 0.251 e. The van der Waals surface area contributed by atoms with Crippen LogP contribution in [-0.2, 0) is 24.3 Å². The molecule has 4 aromatic rings. The van der Waals surface area contributed by atoms with Crippen molar-refractivity contribution in [2.24, 2.45) is 0 Å². The molecule has 0 unspecified atom stereocenters. The number of hydrogen-bond donors (Lipinski definition) is 2. The molecule has 0 bridgehead atoms. The van der Waals surface area contributed by atoms with Crippen LogP contribution in [0.5, 0.6) is 0 Å². The molecule has 210 valence electrons. The van der Waals surface area contributed by atoms with Crippen molar-refractivity contribution < 1.29 is 14.0 Å². The molecule has 6 rings (SSSR count). The zero-order chi connectivity index (χ0) is 28.2. The van der Waals surface area contributed by atoms with E-state index in [-0.39, 0.29) is 30.6 Å². The first-order chi connectivity index (χ1) is 20.0. The third-order valence-corrected chi connectivity index (χ3v) is 7.70. The van der Waals surface area contributed by atoms with Crippen LogP contribution in [0.2, 0.25) is 0 Å². The summed E-state index contributed by atoms with van der Waals surface area (Å²) in [7, 11) is 0. The van der Waals surface area contributed by atoms with Crippen LogP contribution in [0, 0.1) is 5.82 Å². The topological polar surface area (TPSA) is 97.5 Å². The van der Waals surface area contributed by atoms with Crippen LogP contribution in [0.4, 0.5) is 10.1 Å². The van der Waals surface area contributed by atoms with Crippen molar-refractivity contribution in [2.45, 2.75) is 19.5 Å². The molecule has 1 saturated heterocycles. The SMILES string of the molecule is O=C(NCCN1CCN(Cc2ccccc2)CC1)c1ccc2c(c1)N(Cc1cccc(F)c1)C(=O)Cc1n[nH]nc1-2. The Morgan fingerprint density at radius 3 is 2.46 bits per heavy atom. The van der Waals surface area contributed by atoms with Gasteiger partial charge in [-0.1, -0.05) is 42.5 Å². The summed E-state index contributed by atoms with van der Waals surface area (Å²) in [6, 6.07) is 21.9. The number of anilines is 1. The molecule has 2 aliphatic heterocycles. The van der Waals surface area contributed by atoms with Gasteiger partial charge in [-0.25, -0.2) is 4.39 Å². The van der Waals surface area contributed by atoms with Gasteiger partial charge in [0, 0.05) is 56.9 Å². The van der Waals surface area contributed by atoms with Crippen LogP contribution in [0.25, 0.3) is 11.3 Å². The summed E-state index contributed by atoms with van der Waals surface area (Å²) in [6.07, 6.45) is 0.0516. The minimum Gasteiger partial charge on any atom is -0.351 e. The number of aromatic nitrogens is 3. The Bertz CT molecular complexity index is 1530. The Kier molecular flexibility index (Phi) is 7.84. The first-order valence-corrected chi connectivity index (χ1v) is 13.9. The normalized spacial score (nSPS) is 15.7. The van der Waals surface area contributed by atoms with Gasteiger partial charge in [-0.3, -0.25) is 19.4 Å². The largest absolute Gasteiger partial charge is 0.351 e. The number of rotatable bonds is 8. The molecule has 3 aromatic carbocycles. The van der Waals surface area contributed by atoms with E-state index in [1.54, 1.807) is 35.2 Å². The molecule has 2 amide bonds. The number of carbonyl (C=O) groups is 2. The average Bonchev–Trinajstić information content (AvgIpc) is 3.41. The number of fused-ring (bicyclic) bond motifs is 3. The summed E-state index contributed by atoms with van der Waals surface area (Å²) < 4.78 is 13.9. The molecule has 3 heterocycles. The molecule has 10 heteroatoms. The van der Waals surface area contributed by atoms with E-state index in [1.165, 1.54) is 17.7 Å². The first kappa shape index (κ1) is 26.8. The standard InChI is InChI=1S/C31H32FN7O2/c32-25-8-4-7-23(17-25)21-39-28-18-24(9-10-26(28)30-27(19-29(39)40)34-36-35-30)31(41)33-11-12-37-13-15-38(16-14-37)20-22-5-2-1-3-6-22/h1-10,17-18H,11-16,19-21H2,(H,33,41)(H,34,35,36). The molecule has 2 N–H and O–H groups in total. The van der Waals surface area contributed by atoms with Gasteiger partial charge in [-0.05, 0) is 41.5 Å². The van der Waals surface area contributed by atoms with Gasteiger partial charge in [0.15, 0.2) is 0 Å². The molecule has 0 aliphatic carbocycles. The van der Waals surface area contributed by atoms with Crippen molar-refractivity contribution in [2.75, 3.05) is 44.2 Å². The average molecular weight is 554 g/mol. The number of nitrogens with zero attached hydrogens (tertiary/aromatic N) is 5. The van der Waals surface area contributed by atoms with E-state index in [2.05, 4.69) is 54.8 Å². The van der Waals surface area contributed by atoms with Gasteiger partial charge in [0.05, 0.1) is 24.3 Å². The van der Waals surface area contributed by atoms with E-state index in [4.69, 9.17) is 0 Å². The van der Waals surface area contributed by atoms with Crippen LogP contribution < -0.4 is 10.2 Å². The highest BCUT2D eigenvalue weighted by atomic mass is 19.1. The van der Waals surface area contributed by atoms with E-state index in [0.29, 0.717) is 40.3 Å². The van der Waals surface area contributed by atoms with Crippen LogP contribution in [0.3, 0.4) is 0 Å². The van der Waals surface area contributed by atoms with Gasteiger partial charge in [0.2, 0.25) is 5.91 Å². The third kappa shape index (κ3) is 6.18. The molecule has 2 aliphatic rings. The van der Waals surface area contributed by atoms with E-state index in [0.717, 1.165) is 39.3 Å². The molecular formula is C31H32FN7O2. The lowest BCUT2D eigenvalue weighted by Crippen LogP contribution is -2.48. The minimum atomic E-state index is -0.370. The zero-order valence-electron chi connectivity index (χ0n) is 22.7. The van der Waals surface area contributed by atoms with Gasteiger partial charge in [-0.2, -0.15) is 15.4 Å². The number of halogens is 1. The quantitative estimate of drug-likeness (QED) is 0.348. The lowest BCUT2D eigenvalue weighted by Gasteiger charge is -2.34. The maximum absolute atomic E-state index is 13.9. The van der Waals surface area contributed by atoms with Crippen molar-refractivity contribution in [1.29, 1.82) is 0 Å². The summed E-state index contributed by atoms with van der Waals surface area (Å²) >= 11 is 0. The van der Waals surface area contributed by atoms with Crippen LogP contribution in [-0.4, -0.2) is 76.3 Å². The Balaban J connectivity index is 1.11. The smallest absolute Gasteiger partial charge is 0.251 e. The van der Waals surface area contributed by atoms with Gasteiger partial charge in [0.25, 0.3) is 5.91 Å². The monoisotopic (exact) mass is 553 g/mol. The number of benzene rings is 3. The summed E-state index contributed by atoms with van der Waals surface area (Å²) in [4.78, 5) is 32.9. The van der Waals surface area contributed by atoms with Gasteiger partial charge < -0.3 is 10.2 Å². The molecule has 1 aromatic heterocycles. The predicted octanol–water partition coefficient (Wildman–Crippen LogP) is 3.25. The number of nitrogens with one attached hydrogen (secondary N) is 2. The molecule has 9 nitrogen and oxygen atoms in total. The molecule has 0 spiro atoms. The fourth-order valence-electron chi connectivity index (χ4n) is 5.49. The number of carbonyl (C=O) groups excluding carboxylic acids is 2. The zero-order valence-corrected chi connectivity index (χ0v) is 22.7. The van der Waals surface area contributed by atoms with Gasteiger partial charge in [-0.15, -0.1) is 0 Å². The van der Waals surface area contributed by atoms with Crippen molar-refractivity contribution >= 4 is 17.5 Å². The second kappa shape index (κ2) is 12.0. The van der Waals surface area contributed by atoms with E-state index < -0.39 is 0 Å². The lowest BCUT2D eigenvalue weighted by atomic mass is 10.0. The Hall–Kier alpha value is -4.41. The maximum atomic E-state index is 13.9. The van der Waals surface area contributed by atoms with E-state index in [1.807, 2.05) is 6.07 Å². The second-order valence-corrected chi connectivity index (χ2v) is 10.5. The molecule has 1 fully saturated rings. The summed E-state index contributed by atoms with van der Waals surface area (Å²) in [5.74, 6) is -0.782. The van der Waals surface area contributed by atoms with Crippen molar-refractivity contribution in [3.05, 3.63) is 101 Å². The van der Waals surface area contributed by atoms with Gasteiger partial charge in [0.1, 0.15) is 11.5 Å². The number of amides is 2. The first-order valence-electron chi connectivity index (χ1n) is 13.9. The highest BCUT2D eigenvalue weighted by Crippen LogP contribution is 2.36. The molecule has 41 heavy (non-hydrogen) atoms. The van der Waals surface area contributed by atoms with Crippen molar-refractivity contribution in [3.8, 4) is 11.3 Å². The number of aromatic amines is 1. The van der Waals surface area contributed by atoms with Crippen LogP contribution >= 0.6 is 0 Å². The Morgan fingerprint density at radius 1 is 0.878 bits per heavy atom. The van der Waals surface area contributed by atoms with Crippen LogP contribution in [0.1, 0.15) is 27.2 Å². The summed E-state index contributed by atoms with van der Waals surface area (Å²) in [5.41, 5.74) is 4.78.